The molecule has 1 saturated carbocycles. The molecule has 1 amide bonds. The van der Waals surface area contributed by atoms with Crippen molar-refractivity contribution in [2.75, 3.05) is 43.9 Å². The third-order valence-electron chi connectivity index (χ3n) is 10.0. The number of amides is 1. The second-order valence-electron chi connectivity index (χ2n) is 12.8. The molecule has 4 heterocycles. The number of nitrogen functional groups attached to an aromatic ring is 1. The van der Waals surface area contributed by atoms with Crippen LogP contribution in [0.3, 0.4) is 0 Å². The number of nitrogens with zero attached hydrogens (tertiary/aromatic N) is 4. The summed E-state index contributed by atoms with van der Waals surface area (Å²) in [7, 11) is 2.13. The number of piperazine rings is 1. The van der Waals surface area contributed by atoms with Crippen molar-refractivity contribution < 1.29 is 9.53 Å². The Hall–Kier alpha value is -3.20. The number of fused-ring (bicyclic) bond motifs is 1. The van der Waals surface area contributed by atoms with E-state index in [1.807, 2.05) is 19.1 Å². The first-order chi connectivity index (χ1) is 20.1. The summed E-state index contributed by atoms with van der Waals surface area (Å²) in [6.45, 7) is 7.65. The number of likely N-dealkylation sites (tertiary alicyclic amines) is 1. The molecule has 0 radical (unpaired) electrons. The first-order valence-electron chi connectivity index (χ1n) is 15.2. The highest BCUT2D eigenvalue weighted by molar-refractivity contribution is 7.16. The fraction of sp³-hybridized carbons (Fsp3) is 0.613. The molecule has 42 heavy (non-hydrogen) atoms. The summed E-state index contributed by atoms with van der Waals surface area (Å²) in [6.07, 6.45) is 7.94. The highest BCUT2D eigenvalue weighted by Gasteiger charge is 2.44. The fourth-order valence-corrected chi connectivity index (χ4v) is 8.60. The largest absolute Gasteiger partial charge is 0.473 e. The van der Waals surface area contributed by atoms with Crippen LogP contribution in [0.1, 0.15) is 80.5 Å². The first-order valence-corrected chi connectivity index (χ1v) is 16.1. The van der Waals surface area contributed by atoms with E-state index < -0.39 is 5.41 Å². The first kappa shape index (κ1) is 28.9. The molecule has 6 rings (SSSR count). The maximum absolute atomic E-state index is 13.9. The van der Waals surface area contributed by atoms with Gasteiger partial charge < -0.3 is 26.0 Å². The molecule has 4 aliphatic rings. The standard InChI is InChI=1S/C31H42N8O2S/c1-19(23-7-5-13-38(23)3)41-25-16-20(39-14-12-35-31(18-39)10-6-11-31)15-22(36-25)27(33)37-29(40)30(2)9-4-8-24-26(30)21(17-32)28(34)42-24/h15-16,19,23,35H,4-14,18,34H2,1-3H3,(H2,33,37,40)/t19-,23-,30-/m0/s1. The molecule has 5 N–H and O–H groups in total. The summed E-state index contributed by atoms with van der Waals surface area (Å²) in [4.78, 5) is 24.3. The van der Waals surface area contributed by atoms with E-state index in [4.69, 9.17) is 20.9 Å². The van der Waals surface area contributed by atoms with E-state index in [0.717, 1.165) is 68.0 Å². The smallest absolute Gasteiger partial charge is 0.236 e. The van der Waals surface area contributed by atoms with Gasteiger partial charge in [0.25, 0.3) is 0 Å². The van der Waals surface area contributed by atoms with Crippen molar-refractivity contribution in [2.45, 2.75) is 88.3 Å². The molecule has 2 aliphatic carbocycles. The highest BCUT2D eigenvalue weighted by Crippen LogP contribution is 2.45. The van der Waals surface area contributed by atoms with Crippen molar-refractivity contribution in [3.63, 3.8) is 0 Å². The maximum Gasteiger partial charge on any atom is 0.236 e. The number of nitriles is 1. The molecule has 0 bridgehead atoms. The average molecular weight is 591 g/mol. The van der Waals surface area contributed by atoms with Gasteiger partial charge in [0.1, 0.15) is 22.9 Å². The number of hydrogen-bond donors (Lipinski definition) is 4. The topological polar surface area (TPSA) is 143 Å². The lowest BCUT2D eigenvalue weighted by atomic mass is 9.72. The van der Waals surface area contributed by atoms with Crippen LogP contribution in [0, 0.1) is 16.7 Å². The lowest BCUT2D eigenvalue weighted by Crippen LogP contribution is -2.64. The van der Waals surface area contributed by atoms with Gasteiger partial charge in [-0.3, -0.25) is 15.1 Å². The van der Waals surface area contributed by atoms with E-state index in [2.05, 4.69) is 40.5 Å². The molecule has 0 unspecified atom stereocenters. The lowest BCUT2D eigenvalue weighted by molar-refractivity contribution is -0.125. The molecule has 224 valence electrons. The average Bonchev–Trinajstić information content (AvgIpc) is 3.54. The Labute approximate surface area is 252 Å². The van der Waals surface area contributed by atoms with E-state index in [1.54, 1.807) is 0 Å². The Morgan fingerprint density at radius 1 is 1.31 bits per heavy atom. The zero-order valence-corrected chi connectivity index (χ0v) is 25.7. The molecule has 2 saturated heterocycles. The number of nitrogens with one attached hydrogen (secondary N) is 3. The molecular formula is C31H42N8O2S. The number of carbonyl (C=O) groups is 1. The van der Waals surface area contributed by atoms with E-state index in [0.29, 0.717) is 34.6 Å². The van der Waals surface area contributed by atoms with E-state index in [1.165, 1.54) is 30.6 Å². The zero-order chi connectivity index (χ0) is 29.6. The Kier molecular flexibility index (Phi) is 7.66. The quantitative estimate of drug-likeness (QED) is 0.296. The van der Waals surface area contributed by atoms with Crippen LogP contribution in [-0.4, -0.2) is 72.5 Å². The number of thiophene rings is 1. The van der Waals surface area contributed by atoms with Gasteiger partial charge in [-0.15, -0.1) is 11.3 Å². The van der Waals surface area contributed by atoms with Crippen molar-refractivity contribution in [1.29, 1.82) is 10.7 Å². The van der Waals surface area contributed by atoms with Crippen LogP contribution >= 0.6 is 11.3 Å². The SMILES string of the molecule is C[C@H](Oc1cc(N2CCNC3(CCC3)C2)cc(C(=N)NC(=O)[C@@]2(C)CCCc3sc(N)c(C#N)c32)n1)[C@@H]1CCCN1C. The summed E-state index contributed by atoms with van der Waals surface area (Å²) in [5.41, 5.74) is 7.80. The van der Waals surface area contributed by atoms with Crippen molar-refractivity contribution >= 4 is 33.8 Å². The van der Waals surface area contributed by atoms with Crippen LogP contribution in [0.15, 0.2) is 12.1 Å². The van der Waals surface area contributed by atoms with Crippen LogP contribution in [0.25, 0.3) is 0 Å². The van der Waals surface area contributed by atoms with Crippen LogP contribution in [-0.2, 0) is 16.6 Å². The van der Waals surface area contributed by atoms with Gasteiger partial charge in [0.15, 0.2) is 5.84 Å². The number of aryl methyl sites for hydroxylation is 1. The number of rotatable bonds is 6. The third-order valence-corrected chi connectivity index (χ3v) is 11.1. The van der Waals surface area contributed by atoms with Gasteiger partial charge >= 0.3 is 0 Å². The number of aromatic nitrogens is 1. The zero-order valence-electron chi connectivity index (χ0n) is 24.9. The summed E-state index contributed by atoms with van der Waals surface area (Å²) in [6, 6.07) is 6.42. The van der Waals surface area contributed by atoms with Gasteiger partial charge in [0, 0.05) is 53.4 Å². The summed E-state index contributed by atoms with van der Waals surface area (Å²) >= 11 is 1.40. The van der Waals surface area contributed by atoms with Gasteiger partial charge in [-0.1, -0.05) is 0 Å². The highest BCUT2D eigenvalue weighted by atomic mass is 32.1. The molecule has 3 fully saturated rings. The Morgan fingerprint density at radius 3 is 2.81 bits per heavy atom. The van der Waals surface area contributed by atoms with Crippen LogP contribution in [0.2, 0.25) is 0 Å². The number of likely N-dealkylation sites (N-methyl/N-ethyl adjacent to an activating group) is 1. The van der Waals surface area contributed by atoms with E-state index in [-0.39, 0.29) is 23.4 Å². The number of hydrogen-bond acceptors (Lipinski definition) is 10. The van der Waals surface area contributed by atoms with Crippen molar-refractivity contribution in [1.82, 2.24) is 20.5 Å². The minimum atomic E-state index is -0.952. The monoisotopic (exact) mass is 590 g/mol. The summed E-state index contributed by atoms with van der Waals surface area (Å²) < 4.78 is 6.45. The number of amidine groups is 1. The molecule has 11 heteroatoms. The van der Waals surface area contributed by atoms with E-state index in [9.17, 15) is 10.1 Å². The van der Waals surface area contributed by atoms with Crippen molar-refractivity contribution in [3.8, 4) is 11.9 Å². The van der Waals surface area contributed by atoms with Crippen LogP contribution in [0.4, 0.5) is 10.7 Å². The minimum Gasteiger partial charge on any atom is -0.473 e. The van der Waals surface area contributed by atoms with Gasteiger partial charge in [-0.2, -0.15) is 5.26 Å². The summed E-state index contributed by atoms with van der Waals surface area (Å²) in [5.74, 6) is 0.0916. The summed E-state index contributed by atoms with van der Waals surface area (Å²) in [5, 5.41) is 25.8. The van der Waals surface area contributed by atoms with Crippen molar-refractivity contribution in [3.05, 3.63) is 33.8 Å². The number of nitrogens with two attached hydrogens (primary N) is 1. The number of pyridine rings is 1. The predicted molar refractivity (Wildman–Crippen MR) is 165 cm³/mol. The van der Waals surface area contributed by atoms with E-state index >= 15 is 0 Å². The second-order valence-corrected chi connectivity index (χ2v) is 13.9. The molecule has 2 aromatic heterocycles. The maximum atomic E-state index is 13.9. The fourth-order valence-electron chi connectivity index (χ4n) is 7.41. The van der Waals surface area contributed by atoms with Crippen LogP contribution in [0.5, 0.6) is 5.88 Å². The molecule has 1 spiro atoms. The normalized spacial score (nSPS) is 25.8. The number of anilines is 2. The molecule has 10 nitrogen and oxygen atoms in total. The van der Waals surface area contributed by atoms with Crippen LogP contribution < -0.4 is 26.0 Å². The second kappa shape index (κ2) is 11.1. The molecular weight excluding hydrogens is 548 g/mol. The predicted octanol–water partition coefficient (Wildman–Crippen LogP) is 3.53. The van der Waals surface area contributed by atoms with Gasteiger partial charge in [0.05, 0.1) is 11.0 Å². The Morgan fingerprint density at radius 2 is 2.12 bits per heavy atom. The van der Waals surface area contributed by atoms with Crippen molar-refractivity contribution in [2.24, 2.45) is 0 Å². The molecule has 3 atom stereocenters. The lowest BCUT2D eigenvalue weighted by Gasteiger charge is -2.50. The number of ether oxygens (including phenoxy) is 1. The Balaban J connectivity index is 1.28. The Bertz CT molecular complexity index is 1430. The molecule has 2 aliphatic heterocycles. The molecule has 2 aromatic rings. The van der Waals surface area contributed by atoms with Gasteiger partial charge in [-0.05, 0) is 84.9 Å². The molecule has 0 aromatic carbocycles. The van der Waals surface area contributed by atoms with Gasteiger partial charge in [-0.25, -0.2) is 4.98 Å². The van der Waals surface area contributed by atoms with Gasteiger partial charge in [0.2, 0.25) is 11.8 Å². The minimum absolute atomic E-state index is 0.0640. The third kappa shape index (κ3) is 5.14. The number of carbonyl (C=O) groups excluding carboxylic acids is 1.